The second kappa shape index (κ2) is 6.22. The zero-order chi connectivity index (χ0) is 14.7. The van der Waals surface area contributed by atoms with E-state index in [2.05, 4.69) is 4.72 Å². The van der Waals surface area contributed by atoms with Crippen LogP contribution in [0.4, 0.5) is 0 Å². The summed E-state index contributed by atoms with van der Waals surface area (Å²) in [5, 5.41) is 9.47. The van der Waals surface area contributed by atoms with Crippen molar-refractivity contribution in [1.82, 2.24) is 4.72 Å². The Hall–Kier alpha value is -0.620. The zero-order valence-corrected chi connectivity index (χ0v) is 12.8. The molecular formula is C13H25NO4S. The Labute approximate surface area is 115 Å². The molecule has 0 radical (unpaired) electrons. The van der Waals surface area contributed by atoms with Crippen molar-refractivity contribution in [1.29, 1.82) is 0 Å². The van der Waals surface area contributed by atoms with Gasteiger partial charge < -0.3 is 5.11 Å². The maximum absolute atomic E-state index is 12.1. The third-order valence-electron chi connectivity index (χ3n) is 3.98. The predicted octanol–water partition coefficient (Wildman–Crippen LogP) is 1.99. The number of carbonyl (C=O) groups is 1. The van der Waals surface area contributed by atoms with Gasteiger partial charge in [-0.15, -0.1) is 0 Å². The van der Waals surface area contributed by atoms with Crippen LogP contribution in [0.15, 0.2) is 0 Å². The number of carboxylic acid groups (broad SMARTS) is 1. The summed E-state index contributed by atoms with van der Waals surface area (Å²) in [6.45, 7) is 5.72. The van der Waals surface area contributed by atoms with Gasteiger partial charge in [-0.3, -0.25) is 4.79 Å². The van der Waals surface area contributed by atoms with Gasteiger partial charge in [0.05, 0.1) is 5.75 Å². The van der Waals surface area contributed by atoms with E-state index in [9.17, 15) is 18.3 Å². The van der Waals surface area contributed by atoms with E-state index in [1.165, 1.54) is 0 Å². The molecule has 2 N–H and O–H groups in total. The molecule has 0 amide bonds. The largest absolute Gasteiger partial charge is 0.480 e. The van der Waals surface area contributed by atoms with Crippen LogP contribution in [0.25, 0.3) is 0 Å². The quantitative estimate of drug-likeness (QED) is 0.784. The van der Waals surface area contributed by atoms with Crippen LogP contribution in [0.5, 0.6) is 0 Å². The minimum atomic E-state index is -3.54. The minimum Gasteiger partial charge on any atom is -0.480 e. The van der Waals surface area contributed by atoms with Crippen LogP contribution in [0.3, 0.4) is 0 Å². The smallest absolute Gasteiger partial charge is 0.325 e. The molecule has 1 saturated carbocycles. The first-order chi connectivity index (χ1) is 8.69. The van der Waals surface area contributed by atoms with E-state index in [4.69, 9.17) is 0 Å². The molecule has 19 heavy (non-hydrogen) atoms. The van der Waals surface area contributed by atoms with Crippen LogP contribution in [0, 0.1) is 11.8 Å². The molecule has 1 aliphatic rings. The van der Waals surface area contributed by atoms with Crippen molar-refractivity contribution < 1.29 is 18.3 Å². The van der Waals surface area contributed by atoms with Crippen molar-refractivity contribution in [3.8, 4) is 0 Å². The van der Waals surface area contributed by atoms with Gasteiger partial charge in [-0.2, -0.15) is 4.72 Å². The van der Waals surface area contributed by atoms with E-state index in [-0.39, 0.29) is 17.6 Å². The number of rotatable bonds is 6. The van der Waals surface area contributed by atoms with Crippen LogP contribution in [-0.4, -0.2) is 30.8 Å². The van der Waals surface area contributed by atoms with Gasteiger partial charge in [-0.05, 0) is 31.1 Å². The summed E-state index contributed by atoms with van der Waals surface area (Å²) in [7, 11) is -3.54. The number of nitrogens with one attached hydrogen (secondary N) is 1. The molecule has 0 saturated heterocycles. The highest BCUT2D eigenvalue weighted by Gasteiger charge is 2.47. The molecule has 6 heteroatoms. The van der Waals surface area contributed by atoms with Gasteiger partial charge in [0.15, 0.2) is 0 Å². The first kappa shape index (κ1) is 16.4. The summed E-state index contributed by atoms with van der Waals surface area (Å²) in [5.41, 5.74) is -1.31. The van der Waals surface area contributed by atoms with Crippen molar-refractivity contribution in [3.63, 3.8) is 0 Å². The second-order valence-electron chi connectivity index (χ2n) is 6.03. The molecule has 112 valence electrons. The summed E-state index contributed by atoms with van der Waals surface area (Å²) in [6.07, 6.45) is 3.39. The highest BCUT2D eigenvalue weighted by molar-refractivity contribution is 7.89. The van der Waals surface area contributed by atoms with Gasteiger partial charge in [-0.1, -0.05) is 33.6 Å². The average Bonchev–Trinajstić information content (AvgIpc) is 2.29. The molecule has 2 atom stereocenters. The lowest BCUT2D eigenvalue weighted by Gasteiger charge is -2.39. The molecular weight excluding hydrogens is 266 g/mol. The third-order valence-corrected chi connectivity index (χ3v) is 5.43. The SMILES string of the molecule is CC(C)CCS(=O)(=O)NC1(C(=O)O)CCCCC1C. The monoisotopic (exact) mass is 291 g/mol. The number of hydrogen-bond donors (Lipinski definition) is 2. The molecule has 0 bridgehead atoms. The number of carboxylic acids is 1. The molecule has 0 aromatic heterocycles. The van der Waals surface area contributed by atoms with Gasteiger partial charge in [0.2, 0.25) is 10.0 Å². The van der Waals surface area contributed by atoms with Gasteiger partial charge in [0.1, 0.15) is 5.54 Å². The third kappa shape index (κ3) is 4.18. The maximum Gasteiger partial charge on any atom is 0.325 e. The fourth-order valence-corrected chi connectivity index (χ4v) is 4.41. The van der Waals surface area contributed by atoms with Gasteiger partial charge in [-0.25, -0.2) is 8.42 Å². The Bertz CT molecular complexity index is 418. The Morgan fingerprint density at radius 2 is 2.05 bits per heavy atom. The normalized spacial score (nSPS) is 28.5. The maximum atomic E-state index is 12.1. The molecule has 0 heterocycles. The summed E-state index contributed by atoms with van der Waals surface area (Å²) >= 11 is 0. The topological polar surface area (TPSA) is 83.5 Å². The van der Waals surface area contributed by atoms with Crippen LogP contribution >= 0.6 is 0 Å². The predicted molar refractivity (Wildman–Crippen MR) is 74.4 cm³/mol. The minimum absolute atomic E-state index is 0.00752. The first-order valence-electron chi connectivity index (χ1n) is 6.94. The average molecular weight is 291 g/mol. The van der Waals surface area contributed by atoms with E-state index >= 15 is 0 Å². The highest BCUT2D eigenvalue weighted by Crippen LogP contribution is 2.34. The van der Waals surface area contributed by atoms with Crippen LogP contribution in [-0.2, 0) is 14.8 Å². The summed E-state index contributed by atoms with van der Waals surface area (Å²) in [6, 6.07) is 0. The van der Waals surface area contributed by atoms with Gasteiger partial charge >= 0.3 is 5.97 Å². The highest BCUT2D eigenvalue weighted by atomic mass is 32.2. The van der Waals surface area contributed by atoms with Crippen LogP contribution < -0.4 is 4.72 Å². The molecule has 1 fully saturated rings. The van der Waals surface area contributed by atoms with Crippen molar-refractivity contribution in [2.45, 2.75) is 58.4 Å². The molecule has 2 unspecified atom stereocenters. The number of sulfonamides is 1. The fraction of sp³-hybridized carbons (Fsp3) is 0.923. The molecule has 0 aromatic rings. The zero-order valence-electron chi connectivity index (χ0n) is 12.0. The van der Waals surface area contributed by atoms with Gasteiger partial charge in [0.25, 0.3) is 0 Å². The Morgan fingerprint density at radius 3 is 2.53 bits per heavy atom. The molecule has 0 aromatic carbocycles. The van der Waals surface area contributed by atoms with Gasteiger partial charge in [0, 0.05) is 0 Å². The summed E-state index contributed by atoms with van der Waals surface area (Å²) in [4.78, 5) is 11.6. The Morgan fingerprint density at radius 1 is 1.42 bits per heavy atom. The molecule has 1 rings (SSSR count). The molecule has 0 aliphatic heterocycles. The van der Waals surface area contributed by atoms with Crippen molar-refractivity contribution in [2.24, 2.45) is 11.8 Å². The first-order valence-corrected chi connectivity index (χ1v) is 8.60. The van der Waals surface area contributed by atoms with E-state index in [1.807, 2.05) is 20.8 Å². The molecule has 5 nitrogen and oxygen atoms in total. The lowest BCUT2D eigenvalue weighted by Crippen LogP contribution is -2.60. The summed E-state index contributed by atoms with van der Waals surface area (Å²) < 4.78 is 26.7. The lowest BCUT2D eigenvalue weighted by molar-refractivity contribution is -0.147. The van der Waals surface area contributed by atoms with Crippen LogP contribution in [0.1, 0.15) is 52.9 Å². The van der Waals surface area contributed by atoms with Crippen LogP contribution in [0.2, 0.25) is 0 Å². The Kier molecular flexibility index (Phi) is 5.38. The summed E-state index contributed by atoms with van der Waals surface area (Å²) in [5.74, 6) is -0.951. The van der Waals surface area contributed by atoms with E-state index in [0.717, 1.165) is 19.3 Å². The second-order valence-corrected chi connectivity index (χ2v) is 7.87. The van der Waals surface area contributed by atoms with Crippen molar-refractivity contribution in [2.75, 3.05) is 5.75 Å². The Balaban J connectivity index is 2.87. The lowest BCUT2D eigenvalue weighted by atomic mass is 9.74. The van der Waals surface area contributed by atoms with Crippen molar-refractivity contribution >= 4 is 16.0 Å². The van der Waals surface area contributed by atoms with Crippen molar-refractivity contribution in [3.05, 3.63) is 0 Å². The number of aliphatic carboxylic acids is 1. The molecule has 1 aliphatic carbocycles. The van der Waals surface area contributed by atoms with E-state index in [0.29, 0.717) is 12.8 Å². The fourth-order valence-electron chi connectivity index (χ4n) is 2.58. The standard InChI is InChI=1S/C13H25NO4S/c1-10(2)7-9-19(17,18)14-13(12(15)16)8-5-4-6-11(13)3/h10-11,14H,4-9H2,1-3H3,(H,15,16). The number of hydrogen-bond acceptors (Lipinski definition) is 3. The van der Waals surface area contributed by atoms with E-state index in [1.54, 1.807) is 0 Å². The van der Waals surface area contributed by atoms with E-state index < -0.39 is 21.5 Å². The molecule has 0 spiro atoms.